The van der Waals surface area contributed by atoms with Crippen LogP contribution in [-0.4, -0.2) is 10.5 Å². The van der Waals surface area contributed by atoms with Gasteiger partial charge < -0.3 is 9.88 Å². The number of nitrogens with zero attached hydrogens (tertiary/aromatic N) is 1. The highest BCUT2D eigenvalue weighted by Gasteiger charge is 2.23. The van der Waals surface area contributed by atoms with Crippen LogP contribution in [0.25, 0.3) is 22.6 Å². The summed E-state index contributed by atoms with van der Waals surface area (Å²) in [5, 5.41) is 4.13. The van der Waals surface area contributed by atoms with Crippen LogP contribution in [0.3, 0.4) is 0 Å². The highest BCUT2D eigenvalue weighted by Crippen LogP contribution is 2.34. The van der Waals surface area contributed by atoms with E-state index in [1.165, 1.54) is 16.5 Å². The van der Waals surface area contributed by atoms with Crippen LogP contribution in [0, 0.1) is 6.92 Å². The van der Waals surface area contributed by atoms with Gasteiger partial charge in [-0.15, -0.1) is 0 Å². The van der Waals surface area contributed by atoms with Crippen molar-refractivity contribution in [2.24, 2.45) is 7.05 Å². The first-order valence-electron chi connectivity index (χ1n) is 7.32. The van der Waals surface area contributed by atoms with Crippen LogP contribution >= 0.6 is 0 Å². The molecule has 1 amide bonds. The van der Waals surface area contributed by atoms with Crippen molar-refractivity contribution in [2.75, 3.05) is 5.32 Å². The molecule has 0 bridgehead atoms. The molecular weight excluding hydrogens is 272 g/mol. The summed E-state index contributed by atoms with van der Waals surface area (Å²) in [5.41, 5.74) is 6.06. The van der Waals surface area contributed by atoms with E-state index in [4.69, 9.17) is 0 Å². The summed E-state index contributed by atoms with van der Waals surface area (Å²) in [4.78, 5) is 12.3. The second kappa shape index (κ2) is 4.60. The number of rotatable bonds is 1. The third kappa shape index (κ3) is 1.79. The molecule has 3 nitrogen and oxygen atoms in total. The maximum Gasteiger partial charge on any atom is 0.256 e. The fourth-order valence-electron chi connectivity index (χ4n) is 3.21. The van der Waals surface area contributed by atoms with Crippen molar-refractivity contribution in [1.82, 2.24) is 4.57 Å². The van der Waals surface area contributed by atoms with Gasteiger partial charge >= 0.3 is 0 Å². The smallest absolute Gasteiger partial charge is 0.256 e. The molecule has 0 aliphatic carbocycles. The minimum Gasteiger partial charge on any atom is -0.350 e. The van der Waals surface area contributed by atoms with E-state index in [1.54, 1.807) is 0 Å². The fraction of sp³-hybridized carbons (Fsp3) is 0.105. The molecule has 1 aliphatic rings. The van der Waals surface area contributed by atoms with Crippen LogP contribution in [0.5, 0.6) is 0 Å². The summed E-state index contributed by atoms with van der Waals surface area (Å²) < 4.78 is 2.10. The van der Waals surface area contributed by atoms with E-state index in [9.17, 15) is 4.79 Å². The molecule has 0 radical (unpaired) electrons. The fourth-order valence-corrected chi connectivity index (χ4v) is 3.21. The number of fused-ring (bicyclic) bond motifs is 2. The van der Waals surface area contributed by atoms with Crippen LogP contribution in [0.15, 0.2) is 48.7 Å². The van der Waals surface area contributed by atoms with Gasteiger partial charge in [0.15, 0.2) is 0 Å². The van der Waals surface area contributed by atoms with Crippen LogP contribution in [-0.2, 0) is 11.8 Å². The molecule has 2 heterocycles. The van der Waals surface area contributed by atoms with Gasteiger partial charge in [0, 0.05) is 46.5 Å². The molecule has 1 N–H and O–H groups in total. The number of aromatic nitrogens is 1. The standard InChI is InChI=1S/C19H16N2O/c1-12-6-5-9-17-18(12)13(11-21(17)2)10-15-14-7-3-4-8-16(14)20-19(15)22/h3-11H,1-2H3,(H,20,22)/b15-10-. The Bertz CT molecular complexity index is 947. The molecule has 2 aromatic carbocycles. The molecule has 1 aliphatic heterocycles. The maximum absolute atomic E-state index is 12.3. The minimum atomic E-state index is -0.0354. The quantitative estimate of drug-likeness (QED) is 0.675. The predicted molar refractivity (Wildman–Crippen MR) is 90.6 cm³/mol. The summed E-state index contributed by atoms with van der Waals surface area (Å²) in [7, 11) is 2.03. The van der Waals surface area contributed by atoms with Gasteiger partial charge in [0.1, 0.15) is 0 Å². The second-order valence-electron chi connectivity index (χ2n) is 5.72. The van der Waals surface area contributed by atoms with Gasteiger partial charge in [-0.05, 0) is 30.7 Å². The summed E-state index contributed by atoms with van der Waals surface area (Å²) in [5.74, 6) is -0.0354. The predicted octanol–water partition coefficient (Wildman–Crippen LogP) is 3.98. The normalized spacial score (nSPS) is 15.4. The number of carbonyl (C=O) groups excluding carboxylic acids is 1. The Morgan fingerprint density at radius 3 is 2.77 bits per heavy atom. The van der Waals surface area contributed by atoms with E-state index in [2.05, 4.69) is 41.2 Å². The Hall–Kier alpha value is -2.81. The van der Waals surface area contributed by atoms with E-state index in [1.807, 2.05) is 37.4 Å². The molecule has 0 saturated heterocycles. The zero-order valence-corrected chi connectivity index (χ0v) is 12.6. The number of hydrogen-bond acceptors (Lipinski definition) is 1. The molecule has 0 saturated carbocycles. The van der Waals surface area contributed by atoms with Gasteiger partial charge in [-0.3, -0.25) is 4.79 Å². The molecule has 22 heavy (non-hydrogen) atoms. The van der Waals surface area contributed by atoms with Crippen molar-refractivity contribution in [1.29, 1.82) is 0 Å². The van der Waals surface area contributed by atoms with Gasteiger partial charge in [0.2, 0.25) is 0 Å². The van der Waals surface area contributed by atoms with Crippen LogP contribution in [0.1, 0.15) is 16.7 Å². The minimum absolute atomic E-state index is 0.0354. The van der Waals surface area contributed by atoms with Crippen LogP contribution in [0.4, 0.5) is 5.69 Å². The van der Waals surface area contributed by atoms with E-state index < -0.39 is 0 Å². The second-order valence-corrected chi connectivity index (χ2v) is 5.72. The molecule has 1 aromatic heterocycles. The Kier molecular flexibility index (Phi) is 2.70. The molecule has 108 valence electrons. The Labute approximate surface area is 128 Å². The average molecular weight is 288 g/mol. The van der Waals surface area contributed by atoms with E-state index in [0.717, 1.165) is 22.4 Å². The van der Waals surface area contributed by atoms with Crippen molar-refractivity contribution in [2.45, 2.75) is 6.92 Å². The first kappa shape index (κ1) is 12.9. The topological polar surface area (TPSA) is 34.0 Å². The number of carbonyl (C=O) groups is 1. The Balaban J connectivity index is 1.96. The molecule has 0 atom stereocenters. The number of aryl methyl sites for hydroxylation is 2. The van der Waals surface area contributed by atoms with E-state index in [-0.39, 0.29) is 5.91 Å². The summed E-state index contributed by atoms with van der Waals surface area (Å²) in [6.07, 6.45) is 4.08. The number of anilines is 1. The van der Waals surface area contributed by atoms with Crippen molar-refractivity contribution in [3.05, 3.63) is 65.4 Å². The van der Waals surface area contributed by atoms with Crippen molar-refractivity contribution >= 4 is 34.1 Å². The molecule has 4 rings (SSSR count). The van der Waals surface area contributed by atoms with Crippen molar-refractivity contribution < 1.29 is 4.79 Å². The lowest BCUT2D eigenvalue weighted by Crippen LogP contribution is -2.03. The third-order valence-electron chi connectivity index (χ3n) is 4.26. The van der Waals surface area contributed by atoms with Crippen LogP contribution in [0.2, 0.25) is 0 Å². The highest BCUT2D eigenvalue weighted by atomic mass is 16.2. The molecule has 0 fully saturated rings. The SMILES string of the molecule is Cc1cccc2c1c(/C=C1\C(=O)Nc3ccccc31)cn2C. The van der Waals surface area contributed by atoms with Gasteiger partial charge in [-0.1, -0.05) is 30.3 Å². The Morgan fingerprint density at radius 1 is 1.09 bits per heavy atom. The van der Waals surface area contributed by atoms with Crippen molar-refractivity contribution in [3.8, 4) is 0 Å². The van der Waals surface area contributed by atoms with Gasteiger partial charge in [0.25, 0.3) is 5.91 Å². The average Bonchev–Trinajstić information content (AvgIpc) is 2.99. The zero-order chi connectivity index (χ0) is 15.3. The molecule has 0 unspecified atom stereocenters. The van der Waals surface area contributed by atoms with Crippen molar-refractivity contribution in [3.63, 3.8) is 0 Å². The lowest BCUT2D eigenvalue weighted by Gasteiger charge is -2.00. The largest absolute Gasteiger partial charge is 0.350 e. The Morgan fingerprint density at radius 2 is 1.91 bits per heavy atom. The maximum atomic E-state index is 12.3. The molecule has 0 spiro atoms. The van der Waals surface area contributed by atoms with Gasteiger partial charge in [-0.25, -0.2) is 0 Å². The third-order valence-corrected chi connectivity index (χ3v) is 4.26. The van der Waals surface area contributed by atoms with Gasteiger partial charge in [0.05, 0.1) is 0 Å². The highest BCUT2D eigenvalue weighted by molar-refractivity contribution is 6.35. The number of para-hydroxylation sites is 1. The molecule has 3 heteroatoms. The van der Waals surface area contributed by atoms with E-state index in [0.29, 0.717) is 0 Å². The van der Waals surface area contributed by atoms with Crippen LogP contribution < -0.4 is 5.32 Å². The summed E-state index contributed by atoms with van der Waals surface area (Å²) >= 11 is 0. The first-order chi connectivity index (χ1) is 10.6. The summed E-state index contributed by atoms with van der Waals surface area (Å²) in [6, 6.07) is 14.1. The van der Waals surface area contributed by atoms with Gasteiger partial charge in [-0.2, -0.15) is 0 Å². The first-order valence-corrected chi connectivity index (χ1v) is 7.32. The zero-order valence-electron chi connectivity index (χ0n) is 12.6. The number of benzene rings is 2. The molecule has 3 aromatic rings. The monoisotopic (exact) mass is 288 g/mol. The van der Waals surface area contributed by atoms with E-state index >= 15 is 0 Å². The number of hydrogen-bond donors (Lipinski definition) is 1. The number of nitrogens with one attached hydrogen (secondary N) is 1. The lowest BCUT2D eigenvalue weighted by molar-refractivity contribution is -0.110. The molecular formula is C19H16N2O. The summed E-state index contributed by atoms with van der Waals surface area (Å²) in [6.45, 7) is 2.10. The lowest BCUT2D eigenvalue weighted by atomic mass is 10.0. The number of amides is 1.